The molecule has 1 aliphatic heterocycles. The summed E-state index contributed by atoms with van der Waals surface area (Å²) in [5, 5.41) is 11.0. The van der Waals surface area contributed by atoms with E-state index in [9.17, 15) is 9.90 Å². The Morgan fingerprint density at radius 2 is 1.83 bits per heavy atom. The van der Waals surface area contributed by atoms with Gasteiger partial charge in [0.25, 0.3) is 0 Å². The van der Waals surface area contributed by atoms with Gasteiger partial charge in [-0.2, -0.15) is 0 Å². The molecule has 1 N–H and O–H groups in total. The minimum absolute atomic E-state index is 0.0533. The fourth-order valence-electron chi connectivity index (χ4n) is 3.63. The number of carbonyl (C=O) groups is 1. The third-order valence-electron chi connectivity index (χ3n) is 5.60. The van der Waals surface area contributed by atoms with Crippen LogP contribution in [-0.4, -0.2) is 65.6 Å². The summed E-state index contributed by atoms with van der Waals surface area (Å²) in [5.74, 6) is 0.411. The van der Waals surface area contributed by atoms with Gasteiger partial charge >= 0.3 is 0 Å². The first-order chi connectivity index (χ1) is 14.0. The number of thiazole rings is 1. The second kappa shape index (κ2) is 8.39. The van der Waals surface area contributed by atoms with Gasteiger partial charge in [-0.05, 0) is 31.2 Å². The fraction of sp³-hybridized carbons (Fsp3) is 0.364. The number of aromatic hydroxyl groups is 1. The lowest BCUT2D eigenvalue weighted by Gasteiger charge is -2.36. The maximum Gasteiger partial charge on any atom is 0.237 e. The van der Waals surface area contributed by atoms with E-state index in [1.165, 1.54) is 0 Å². The Hall–Kier alpha value is -2.64. The van der Waals surface area contributed by atoms with Gasteiger partial charge in [0.1, 0.15) is 10.8 Å². The highest BCUT2D eigenvalue weighted by Gasteiger charge is 2.25. The van der Waals surface area contributed by atoms with Gasteiger partial charge in [-0.3, -0.25) is 9.69 Å². The Kier molecular flexibility index (Phi) is 5.69. The molecule has 2 heterocycles. The lowest BCUT2D eigenvalue weighted by molar-refractivity contribution is -0.133. The number of anilines is 1. The van der Waals surface area contributed by atoms with Gasteiger partial charge < -0.3 is 14.9 Å². The van der Waals surface area contributed by atoms with Crippen LogP contribution in [0.3, 0.4) is 0 Å². The summed E-state index contributed by atoms with van der Waals surface area (Å²) in [7, 11) is 1.86. The number of nitrogens with zero attached hydrogens (tertiary/aromatic N) is 4. The number of phenols is 1. The molecule has 0 saturated carbocycles. The second-order valence-electron chi connectivity index (χ2n) is 7.45. The first kappa shape index (κ1) is 19.7. The van der Waals surface area contributed by atoms with Crippen LogP contribution in [0.2, 0.25) is 0 Å². The van der Waals surface area contributed by atoms with E-state index < -0.39 is 0 Å². The van der Waals surface area contributed by atoms with Gasteiger partial charge in [0.2, 0.25) is 5.91 Å². The van der Waals surface area contributed by atoms with Crippen molar-refractivity contribution in [2.24, 2.45) is 0 Å². The van der Waals surface area contributed by atoms with Crippen LogP contribution >= 0.6 is 11.3 Å². The summed E-state index contributed by atoms with van der Waals surface area (Å²) < 4.78 is 1.15. The number of likely N-dealkylation sites (N-methyl/N-ethyl adjacent to an activating group) is 1. The molecule has 152 valence electrons. The molecule has 3 aromatic rings. The normalized spacial score (nSPS) is 16.1. The highest BCUT2D eigenvalue weighted by atomic mass is 32.1. The van der Waals surface area contributed by atoms with E-state index in [1.54, 1.807) is 22.3 Å². The van der Waals surface area contributed by atoms with Crippen LogP contribution in [0.15, 0.2) is 48.5 Å². The number of hydrogen-bond donors (Lipinski definition) is 1. The molecule has 0 radical (unpaired) electrons. The van der Waals surface area contributed by atoms with E-state index in [2.05, 4.69) is 15.9 Å². The quantitative estimate of drug-likeness (QED) is 0.699. The number of amides is 1. The van der Waals surface area contributed by atoms with Crippen molar-refractivity contribution in [2.75, 3.05) is 44.7 Å². The molecule has 7 heteroatoms. The Bertz CT molecular complexity index is 964. The highest BCUT2D eigenvalue weighted by Crippen LogP contribution is 2.29. The van der Waals surface area contributed by atoms with Crippen molar-refractivity contribution in [3.8, 4) is 5.75 Å². The van der Waals surface area contributed by atoms with Crippen LogP contribution < -0.4 is 4.90 Å². The van der Waals surface area contributed by atoms with Crippen molar-refractivity contribution in [2.45, 2.75) is 13.0 Å². The summed E-state index contributed by atoms with van der Waals surface area (Å²) in [4.78, 5) is 23.7. The van der Waals surface area contributed by atoms with Crippen molar-refractivity contribution in [3.05, 3.63) is 53.5 Å². The molecular weight excluding hydrogens is 384 g/mol. The van der Waals surface area contributed by atoms with Crippen molar-refractivity contribution >= 4 is 33.1 Å². The zero-order valence-electron chi connectivity index (χ0n) is 16.8. The predicted octanol–water partition coefficient (Wildman–Crippen LogP) is 3.34. The predicted molar refractivity (Wildman–Crippen MR) is 118 cm³/mol. The SMILES string of the molecule is C[C@@H](c1nc2ccccc2s1)N(C)C(=O)CN1CCN(c2ccccc2O)CC1. The molecule has 1 aromatic heterocycles. The number of para-hydroxylation sites is 3. The lowest BCUT2D eigenvalue weighted by Crippen LogP contribution is -2.50. The van der Waals surface area contributed by atoms with Gasteiger partial charge in [-0.1, -0.05) is 24.3 Å². The summed E-state index contributed by atoms with van der Waals surface area (Å²) >= 11 is 1.65. The van der Waals surface area contributed by atoms with Crippen molar-refractivity contribution in [1.82, 2.24) is 14.8 Å². The van der Waals surface area contributed by atoms with Crippen molar-refractivity contribution < 1.29 is 9.90 Å². The number of rotatable bonds is 5. The van der Waals surface area contributed by atoms with Crippen LogP contribution in [-0.2, 0) is 4.79 Å². The monoisotopic (exact) mass is 410 g/mol. The summed E-state index contributed by atoms with van der Waals surface area (Å²) in [6.07, 6.45) is 0. The van der Waals surface area contributed by atoms with Gasteiger partial charge in [0, 0.05) is 33.2 Å². The van der Waals surface area contributed by atoms with Gasteiger partial charge in [-0.15, -0.1) is 11.3 Å². The maximum atomic E-state index is 12.9. The summed E-state index contributed by atoms with van der Waals surface area (Å²) in [5.41, 5.74) is 1.85. The van der Waals surface area contributed by atoms with Crippen molar-refractivity contribution in [3.63, 3.8) is 0 Å². The maximum absolute atomic E-state index is 12.9. The van der Waals surface area contributed by atoms with Gasteiger partial charge in [-0.25, -0.2) is 4.98 Å². The molecule has 1 aliphatic rings. The summed E-state index contributed by atoms with van der Waals surface area (Å²) in [6.45, 7) is 5.61. The first-order valence-corrected chi connectivity index (χ1v) is 10.7. The Labute approximate surface area is 175 Å². The molecule has 1 saturated heterocycles. The molecule has 29 heavy (non-hydrogen) atoms. The Morgan fingerprint density at radius 3 is 2.55 bits per heavy atom. The molecule has 0 unspecified atom stereocenters. The number of fused-ring (bicyclic) bond motifs is 1. The number of aromatic nitrogens is 1. The van der Waals surface area contributed by atoms with Crippen molar-refractivity contribution in [1.29, 1.82) is 0 Å². The van der Waals surface area contributed by atoms with Gasteiger partial charge in [0.15, 0.2) is 0 Å². The van der Waals surface area contributed by atoms with Crippen LogP contribution in [0.5, 0.6) is 5.75 Å². The molecule has 1 amide bonds. The van der Waals surface area contributed by atoms with E-state index in [-0.39, 0.29) is 11.9 Å². The molecule has 0 spiro atoms. The van der Waals surface area contributed by atoms with Gasteiger partial charge in [0.05, 0.1) is 28.5 Å². The number of piperazine rings is 1. The van der Waals surface area contributed by atoms with E-state index in [0.717, 1.165) is 47.1 Å². The van der Waals surface area contributed by atoms with Crippen LogP contribution in [0.25, 0.3) is 10.2 Å². The average molecular weight is 411 g/mol. The molecule has 1 atom stereocenters. The van der Waals surface area contributed by atoms with E-state index in [0.29, 0.717) is 12.3 Å². The standard InChI is InChI=1S/C22H26N4O2S/c1-16(22-23-17-7-3-6-10-20(17)29-22)24(2)21(28)15-25-11-13-26(14-12-25)18-8-4-5-9-19(18)27/h3-10,16,27H,11-15H2,1-2H3/t16-/m0/s1. The number of phenolic OH excluding ortho intramolecular Hbond substituents is 1. The Morgan fingerprint density at radius 1 is 1.14 bits per heavy atom. The minimum Gasteiger partial charge on any atom is -0.506 e. The van der Waals surface area contributed by atoms with Crippen LogP contribution in [0.4, 0.5) is 5.69 Å². The molecule has 4 rings (SSSR count). The number of carbonyl (C=O) groups excluding carboxylic acids is 1. The number of hydrogen-bond acceptors (Lipinski definition) is 6. The molecule has 0 bridgehead atoms. The fourth-order valence-corrected chi connectivity index (χ4v) is 4.69. The largest absolute Gasteiger partial charge is 0.506 e. The zero-order chi connectivity index (χ0) is 20.4. The van der Waals surface area contributed by atoms with E-state index in [4.69, 9.17) is 4.98 Å². The third kappa shape index (κ3) is 4.21. The van der Waals surface area contributed by atoms with Crippen LogP contribution in [0.1, 0.15) is 18.0 Å². The second-order valence-corrected chi connectivity index (χ2v) is 8.51. The Balaban J connectivity index is 1.34. The van der Waals surface area contributed by atoms with E-state index in [1.807, 2.05) is 50.4 Å². The molecule has 0 aliphatic carbocycles. The van der Waals surface area contributed by atoms with Crippen LogP contribution in [0, 0.1) is 0 Å². The summed E-state index contributed by atoms with van der Waals surface area (Å²) in [6, 6.07) is 15.4. The molecule has 2 aromatic carbocycles. The lowest BCUT2D eigenvalue weighted by atomic mass is 10.2. The highest BCUT2D eigenvalue weighted by molar-refractivity contribution is 7.18. The first-order valence-electron chi connectivity index (χ1n) is 9.89. The van der Waals surface area contributed by atoms with E-state index >= 15 is 0 Å². The molecule has 6 nitrogen and oxygen atoms in total. The number of benzene rings is 2. The minimum atomic E-state index is -0.0533. The molecular formula is C22H26N4O2S. The average Bonchev–Trinajstić information content (AvgIpc) is 3.18. The smallest absolute Gasteiger partial charge is 0.237 e. The topological polar surface area (TPSA) is 59.9 Å². The molecule has 1 fully saturated rings. The zero-order valence-corrected chi connectivity index (χ0v) is 17.6. The third-order valence-corrected chi connectivity index (χ3v) is 6.80.